The third-order valence-electron chi connectivity index (χ3n) is 2.88. The molecule has 0 unspecified atom stereocenters. The van der Waals surface area contributed by atoms with Gasteiger partial charge in [-0.2, -0.15) is 5.26 Å². The molecule has 0 radical (unpaired) electrons. The molecular weight excluding hydrogens is 304 g/mol. The van der Waals surface area contributed by atoms with E-state index in [2.05, 4.69) is 27.3 Å². The van der Waals surface area contributed by atoms with Gasteiger partial charge in [0.05, 0.1) is 18.4 Å². The van der Waals surface area contributed by atoms with E-state index in [0.717, 1.165) is 21.4 Å². The Morgan fingerprint density at radius 1 is 1.21 bits per heavy atom. The normalized spacial score (nSPS) is 9.79. The van der Waals surface area contributed by atoms with Crippen LogP contribution in [0, 0.1) is 18.3 Å². The van der Waals surface area contributed by atoms with Gasteiger partial charge in [-0.1, -0.05) is 22.0 Å². The van der Waals surface area contributed by atoms with Gasteiger partial charge in [-0.25, -0.2) is 0 Å². The second-order valence-electron chi connectivity index (χ2n) is 4.06. The van der Waals surface area contributed by atoms with E-state index in [1.165, 1.54) is 0 Å². The van der Waals surface area contributed by atoms with Crippen molar-refractivity contribution in [2.24, 2.45) is 0 Å². The highest BCUT2D eigenvalue weighted by molar-refractivity contribution is 9.10. The van der Waals surface area contributed by atoms with Crippen molar-refractivity contribution in [3.8, 4) is 11.8 Å². The standard InChI is InChI=1S/C15H13BrN2O/c1-10-13(16)4-3-5-14(10)18-15-8-12(19-2)7-6-11(15)9-17/h3-8,18H,1-2H3. The van der Waals surface area contributed by atoms with Gasteiger partial charge >= 0.3 is 0 Å². The van der Waals surface area contributed by atoms with Gasteiger partial charge in [0.25, 0.3) is 0 Å². The van der Waals surface area contributed by atoms with Crippen molar-refractivity contribution in [3.63, 3.8) is 0 Å². The number of halogens is 1. The zero-order valence-corrected chi connectivity index (χ0v) is 12.3. The molecule has 3 nitrogen and oxygen atoms in total. The molecule has 0 aliphatic heterocycles. The zero-order chi connectivity index (χ0) is 13.8. The van der Waals surface area contributed by atoms with Crippen LogP contribution in [0.2, 0.25) is 0 Å². The molecule has 0 aliphatic carbocycles. The van der Waals surface area contributed by atoms with Gasteiger partial charge in [0.15, 0.2) is 0 Å². The summed E-state index contributed by atoms with van der Waals surface area (Å²) < 4.78 is 6.21. The highest BCUT2D eigenvalue weighted by atomic mass is 79.9. The maximum atomic E-state index is 9.14. The monoisotopic (exact) mass is 316 g/mol. The van der Waals surface area contributed by atoms with Crippen LogP contribution in [0.5, 0.6) is 5.75 Å². The molecule has 2 aromatic carbocycles. The second-order valence-corrected chi connectivity index (χ2v) is 4.92. The van der Waals surface area contributed by atoms with Crippen LogP contribution in [0.3, 0.4) is 0 Å². The van der Waals surface area contributed by atoms with E-state index in [1.807, 2.05) is 31.2 Å². The average molecular weight is 317 g/mol. The first-order valence-corrected chi connectivity index (χ1v) is 6.55. The number of nitrogens with zero attached hydrogens (tertiary/aromatic N) is 1. The van der Waals surface area contributed by atoms with Crippen LogP contribution in [0.1, 0.15) is 11.1 Å². The summed E-state index contributed by atoms with van der Waals surface area (Å²) in [5.41, 5.74) is 3.37. The van der Waals surface area contributed by atoms with Crippen LogP contribution in [0.25, 0.3) is 0 Å². The van der Waals surface area contributed by atoms with Crippen LogP contribution in [0.15, 0.2) is 40.9 Å². The quantitative estimate of drug-likeness (QED) is 0.913. The highest BCUT2D eigenvalue weighted by Gasteiger charge is 2.07. The van der Waals surface area contributed by atoms with Crippen LogP contribution < -0.4 is 10.1 Å². The summed E-state index contributed by atoms with van der Waals surface area (Å²) in [5, 5.41) is 12.4. The van der Waals surface area contributed by atoms with Gasteiger partial charge in [0, 0.05) is 16.2 Å². The maximum absolute atomic E-state index is 9.14. The number of rotatable bonds is 3. The summed E-state index contributed by atoms with van der Waals surface area (Å²) in [7, 11) is 1.61. The lowest BCUT2D eigenvalue weighted by atomic mass is 10.1. The topological polar surface area (TPSA) is 45.0 Å². The summed E-state index contributed by atoms with van der Waals surface area (Å²) in [6, 6.07) is 13.4. The van der Waals surface area contributed by atoms with Crippen molar-refractivity contribution < 1.29 is 4.74 Å². The van der Waals surface area contributed by atoms with Crippen LogP contribution >= 0.6 is 15.9 Å². The number of hydrogen-bond donors (Lipinski definition) is 1. The van der Waals surface area contributed by atoms with Crippen molar-refractivity contribution in [1.82, 2.24) is 0 Å². The van der Waals surface area contributed by atoms with E-state index in [9.17, 15) is 0 Å². The Hall–Kier alpha value is -1.99. The van der Waals surface area contributed by atoms with Crippen molar-refractivity contribution in [2.45, 2.75) is 6.92 Å². The molecule has 0 fully saturated rings. The fraction of sp³-hybridized carbons (Fsp3) is 0.133. The molecular formula is C15H13BrN2O. The van der Waals surface area contributed by atoms with Crippen molar-refractivity contribution in [2.75, 3.05) is 12.4 Å². The van der Waals surface area contributed by atoms with E-state index in [-0.39, 0.29) is 0 Å². The van der Waals surface area contributed by atoms with Gasteiger partial charge in [0.1, 0.15) is 11.8 Å². The van der Waals surface area contributed by atoms with Gasteiger partial charge in [0.2, 0.25) is 0 Å². The Kier molecular flexibility index (Phi) is 4.08. The Morgan fingerprint density at radius 3 is 2.68 bits per heavy atom. The number of anilines is 2. The lowest BCUT2D eigenvalue weighted by molar-refractivity contribution is 0.415. The first kappa shape index (κ1) is 13.4. The predicted molar refractivity (Wildman–Crippen MR) is 79.9 cm³/mol. The predicted octanol–water partition coefficient (Wildman–Crippen LogP) is 4.38. The summed E-state index contributed by atoms with van der Waals surface area (Å²) in [6.07, 6.45) is 0. The highest BCUT2D eigenvalue weighted by Crippen LogP contribution is 2.29. The summed E-state index contributed by atoms with van der Waals surface area (Å²) in [6.45, 7) is 2.01. The smallest absolute Gasteiger partial charge is 0.121 e. The van der Waals surface area contributed by atoms with Gasteiger partial charge in [-0.05, 0) is 36.8 Å². The number of ether oxygens (including phenoxy) is 1. The van der Waals surface area contributed by atoms with E-state index >= 15 is 0 Å². The van der Waals surface area contributed by atoms with E-state index in [4.69, 9.17) is 10.00 Å². The molecule has 0 saturated heterocycles. The van der Waals surface area contributed by atoms with Crippen molar-refractivity contribution >= 4 is 27.3 Å². The molecule has 0 spiro atoms. The summed E-state index contributed by atoms with van der Waals surface area (Å²) >= 11 is 3.49. The zero-order valence-electron chi connectivity index (χ0n) is 10.7. The summed E-state index contributed by atoms with van der Waals surface area (Å²) in [4.78, 5) is 0. The number of benzene rings is 2. The second kappa shape index (κ2) is 5.77. The molecule has 0 aromatic heterocycles. The molecule has 0 atom stereocenters. The maximum Gasteiger partial charge on any atom is 0.121 e. The molecule has 0 heterocycles. The first-order chi connectivity index (χ1) is 9.15. The largest absolute Gasteiger partial charge is 0.497 e. The summed E-state index contributed by atoms with van der Waals surface area (Å²) in [5.74, 6) is 0.717. The van der Waals surface area contributed by atoms with Crippen LogP contribution in [-0.2, 0) is 0 Å². The molecule has 2 aromatic rings. The third kappa shape index (κ3) is 2.88. The molecule has 0 aliphatic rings. The lowest BCUT2D eigenvalue weighted by Crippen LogP contribution is -1.97. The average Bonchev–Trinajstić information content (AvgIpc) is 2.43. The van der Waals surface area contributed by atoms with Gasteiger partial charge < -0.3 is 10.1 Å². The SMILES string of the molecule is COc1ccc(C#N)c(Nc2cccc(Br)c2C)c1. The number of nitriles is 1. The third-order valence-corrected chi connectivity index (χ3v) is 3.74. The minimum absolute atomic E-state index is 0.583. The van der Waals surface area contributed by atoms with E-state index in [1.54, 1.807) is 19.2 Å². The molecule has 2 rings (SSSR count). The number of nitrogens with one attached hydrogen (secondary N) is 1. The molecule has 4 heteroatoms. The molecule has 0 saturated carbocycles. The Balaban J connectivity index is 2.42. The lowest BCUT2D eigenvalue weighted by Gasteiger charge is -2.13. The Morgan fingerprint density at radius 2 is 2.00 bits per heavy atom. The van der Waals surface area contributed by atoms with Crippen molar-refractivity contribution in [3.05, 3.63) is 52.0 Å². The van der Waals surface area contributed by atoms with Crippen LogP contribution in [-0.4, -0.2) is 7.11 Å². The van der Waals surface area contributed by atoms with Crippen molar-refractivity contribution in [1.29, 1.82) is 5.26 Å². The first-order valence-electron chi connectivity index (χ1n) is 5.76. The number of hydrogen-bond acceptors (Lipinski definition) is 3. The fourth-order valence-electron chi connectivity index (χ4n) is 1.74. The minimum Gasteiger partial charge on any atom is -0.497 e. The molecule has 0 bridgehead atoms. The molecule has 19 heavy (non-hydrogen) atoms. The van der Waals surface area contributed by atoms with Crippen LogP contribution in [0.4, 0.5) is 11.4 Å². The van der Waals surface area contributed by atoms with E-state index in [0.29, 0.717) is 11.3 Å². The molecule has 1 N–H and O–H groups in total. The van der Waals surface area contributed by atoms with Gasteiger partial charge in [-0.3, -0.25) is 0 Å². The molecule has 96 valence electrons. The number of methoxy groups -OCH3 is 1. The van der Waals surface area contributed by atoms with Gasteiger partial charge in [-0.15, -0.1) is 0 Å². The van der Waals surface area contributed by atoms with E-state index < -0.39 is 0 Å². The Labute approximate surface area is 121 Å². The minimum atomic E-state index is 0.583. The fourth-order valence-corrected chi connectivity index (χ4v) is 2.11. The Bertz CT molecular complexity index is 647. The molecule has 0 amide bonds.